The Morgan fingerprint density at radius 2 is 1.71 bits per heavy atom. The number of benzene rings is 2. The second kappa shape index (κ2) is 5.51. The van der Waals surface area contributed by atoms with Crippen LogP contribution in [0.1, 0.15) is 11.1 Å². The first-order chi connectivity index (χ1) is 8.31. The van der Waals surface area contributed by atoms with E-state index in [0.717, 1.165) is 6.54 Å². The zero-order valence-electron chi connectivity index (χ0n) is 10.4. The Hall–Kier alpha value is -1.80. The third-order valence-electron chi connectivity index (χ3n) is 3.02. The van der Waals surface area contributed by atoms with Crippen molar-refractivity contribution in [2.45, 2.75) is 13.5 Å². The smallest absolute Gasteiger partial charge is 0.132 e. The fourth-order valence-corrected chi connectivity index (χ4v) is 1.98. The van der Waals surface area contributed by atoms with Gasteiger partial charge in [-0.1, -0.05) is 36.4 Å². The summed E-state index contributed by atoms with van der Waals surface area (Å²) in [4.78, 5) is 0. The summed E-state index contributed by atoms with van der Waals surface area (Å²) in [6.07, 6.45) is 0. The van der Waals surface area contributed by atoms with Gasteiger partial charge in [-0.05, 0) is 19.1 Å². The van der Waals surface area contributed by atoms with Crippen LogP contribution in [0.5, 0.6) is 0 Å². The number of quaternary nitrogens is 1. The van der Waals surface area contributed by atoms with Crippen molar-refractivity contribution in [3.63, 3.8) is 0 Å². The van der Waals surface area contributed by atoms with Gasteiger partial charge in [-0.15, -0.1) is 0 Å². The number of nitrogens with one attached hydrogen (secondary N) is 1. The predicted molar refractivity (Wildman–Crippen MR) is 72.5 cm³/mol. The SMILES string of the molecule is CNc1ccccc1C[NH2+]c1ccccc1C. The maximum Gasteiger partial charge on any atom is 0.132 e. The number of hydrogen-bond acceptors (Lipinski definition) is 1. The Balaban J connectivity index is 2.10. The summed E-state index contributed by atoms with van der Waals surface area (Å²) < 4.78 is 0. The molecule has 2 nitrogen and oxygen atoms in total. The lowest BCUT2D eigenvalue weighted by Gasteiger charge is -2.08. The van der Waals surface area contributed by atoms with Crippen LogP contribution in [0, 0.1) is 6.92 Å². The lowest BCUT2D eigenvalue weighted by molar-refractivity contribution is -0.588. The maximum absolute atomic E-state index is 3.23. The molecular formula is C15H19N2+. The van der Waals surface area contributed by atoms with Gasteiger partial charge in [0.25, 0.3) is 0 Å². The Kier molecular flexibility index (Phi) is 3.78. The fraction of sp³-hybridized carbons (Fsp3) is 0.200. The van der Waals surface area contributed by atoms with Gasteiger partial charge in [-0.2, -0.15) is 0 Å². The average Bonchev–Trinajstić information content (AvgIpc) is 2.38. The van der Waals surface area contributed by atoms with Crippen LogP contribution in [0.3, 0.4) is 0 Å². The molecule has 0 saturated heterocycles. The van der Waals surface area contributed by atoms with Gasteiger partial charge in [-0.25, -0.2) is 0 Å². The molecule has 17 heavy (non-hydrogen) atoms. The normalized spacial score (nSPS) is 10.2. The van der Waals surface area contributed by atoms with Crippen LogP contribution in [0.25, 0.3) is 0 Å². The van der Waals surface area contributed by atoms with E-state index in [-0.39, 0.29) is 0 Å². The molecule has 0 fully saturated rings. The van der Waals surface area contributed by atoms with Crippen molar-refractivity contribution in [2.24, 2.45) is 0 Å². The molecular weight excluding hydrogens is 208 g/mol. The summed E-state index contributed by atoms with van der Waals surface area (Å²) in [6, 6.07) is 16.9. The summed E-state index contributed by atoms with van der Waals surface area (Å²) in [5.41, 5.74) is 5.18. The lowest BCUT2D eigenvalue weighted by atomic mass is 10.1. The number of para-hydroxylation sites is 2. The van der Waals surface area contributed by atoms with Crippen molar-refractivity contribution in [1.82, 2.24) is 0 Å². The third kappa shape index (κ3) is 2.86. The number of anilines is 1. The molecule has 0 radical (unpaired) electrons. The molecule has 2 heteroatoms. The molecule has 0 atom stereocenters. The average molecular weight is 227 g/mol. The summed E-state index contributed by atoms with van der Waals surface area (Å²) in [5, 5.41) is 5.51. The van der Waals surface area contributed by atoms with Crippen molar-refractivity contribution in [1.29, 1.82) is 0 Å². The van der Waals surface area contributed by atoms with Crippen molar-refractivity contribution in [3.8, 4) is 0 Å². The summed E-state index contributed by atoms with van der Waals surface area (Å²) >= 11 is 0. The fourth-order valence-electron chi connectivity index (χ4n) is 1.98. The highest BCUT2D eigenvalue weighted by Crippen LogP contribution is 2.13. The van der Waals surface area contributed by atoms with E-state index >= 15 is 0 Å². The molecule has 88 valence electrons. The lowest BCUT2D eigenvalue weighted by Crippen LogP contribution is -2.76. The van der Waals surface area contributed by atoms with E-state index < -0.39 is 0 Å². The molecule has 0 aliphatic heterocycles. The van der Waals surface area contributed by atoms with Crippen LogP contribution in [0.2, 0.25) is 0 Å². The Labute approximate surface area is 103 Å². The molecule has 0 bridgehead atoms. The Morgan fingerprint density at radius 3 is 2.47 bits per heavy atom. The quantitative estimate of drug-likeness (QED) is 0.772. The molecule has 2 aromatic rings. The Morgan fingerprint density at radius 1 is 1.00 bits per heavy atom. The van der Waals surface area contributed by atoms with Crippen molar-refractivity contribution in [3.05, 3.63) is 59.7 Å². The molecule has 0 aliphatic carbocycles. The van der Waals surface area contributed by atoms with Crippen LogP contribution in [0.4, 0.5) is 11.4 Å². The second-order valence-corrected chi connectivity index (χ2v) is 4.17. The van der Waals surface area contributed by atoms with Crippen LogP contribution in [0.15, 0.2) is 48.5 Å². The van der Waals surface area contributed by atoms with Crippen LogP contribution in [-0.4, -0.2) is 7.05 Å². The monoisotopic (exact) mass is 227 g/mol. The van der Waals surface area contributed by atoms with Gasteiger partial charge in [0, 0.05) is 23.9 Å². The molecule has 0 saturated carbocycles. The number of hydrogen-bond donors (Lipinski definition) is 2. The van der Waals surface area contributed by atoms with Gasteiger partial charge in [0.15, 0.2) is 0 Å². The van der Waals surface area contributed by atoms with Gasteiger partial charge in [0.05, 0.1) is 0 Å². The van der Waals surface area contributed by atoms with E-state index in [1.54, 1.807) is 0 Å². The third-order valence-corrected chi connectivity index (χ3v) is 3.02. The summed E-state index contributed by atoms with van der Waals surface area (Å²) in [7, 11) is 1.96. The van der Waals surface area contributed by atoms with Crippen LogP contribution >= 0.6 is 0 Å². The van der Waals surface area contributed by atoms with Gasteiger partial charge in [-0.3, -0.25) is 0 Å². The minimum Gasteiger partial charge on any atom is -0.388 e. The molecule has 2 rings (SSSR count). The van der Waals surface area contributed by atoms with E-state index in [2.05, 4.69) is 66.1 Å². The van der Waals surface area contributed by atoms with Crippen LogP contribution in [-0.2, 0) is 6.54 Å². The minimum absolute atomic E-state index is 0.960. The van der Waals surface area contributed by atoms with E-state index in [4.69, 9.17) is 0 Å². The van der Waals surface area contributed by atoms with Crippen molar-refractivity contribution < 1.29 is 5.32 Å². The number of aryl methyl sites for hydroxylation is 1. The van der Waals surface area contributed by atoms with Gasteiger partial charge in [0.1, 0.15) is 12.2 Å². The first kappa shape index (κ1) is 11.7. The molecule has 0 heterocycles. The zero-order valence-corrected chi connectivity index (χ0v) is 10.4. The molecule has 2 aromatic carbocycles. The first-order valence-corrected chi connectivity index (χ1v) is 5.96. The minimum atomic E-state index is 0.960. The van der Waals surface area contributed by atoms with Gasteiger partial charge < -0.3 is 10.6 Å². The summed E-state index contributed by atoms with van der Waals surface area (Å²) in [5.74, 6) is 0. The maximum atomic E-state index is 3.23. The molecule has 0 unspecified atom stereocenters. The molecule has 3 N–H and O–H groups in total. The highest BCUT2D eigenvalue weighted by molar-refractivity contribution is 5.50. The van der Waals surface area contributed by atoms with Gasteiger partial charge >= 0.3 is 0 Å². The molecule has 0 amide bonds. The predicted octanol–water partition coefficient (Wildman–Crippen LogP) is 2.43. The van der Waals surface area contributed by atoms with E-state index in [9.17, 15) is 0 Å². The number of rotatable bonds is 4. The zero-order chi connectivity index (χ0) is 12.1. The highest BCUT2D eigenvalue weighted by atomic mass is 14.9. The molecule has 0 spiro atoms. The summed E-state index contributed by atoms with van der Waals surface area (Å²) in [6.45, 7) is 3.11. The molecule has 0 aliphatic rings. The number of nitrogens with two attached hydrogens (primary N) is 1. The van der Waals surface area contributed by atoms with Gasteiger partial charge in [0.2, 0.25) is 0 Å². The highest BCUT2D eigenvalue weighted by Gasteiger charge is 2.04. The van der Waals surface area contributed by atoms with Crippen molar-refractivity contribution in [2.75, 3.05) is 12.4 Å². The molecule has 0 aromatic heterocycles. The second-order valence-electron chi connectivity index (χ2n) is 4.17. The topological polar surface area (TPSA) is 28.6 Å². The van der Waals surface area contributed by atoms with E-state index in [1.807, 2.05) is 7.05 Å². The largest absolute Gasteiger partial charge is 0.388 e. The van der Waals surface area contributed by atoms with Crippen molar-refractivity contribution >= 4 is 11.4 Å². The van der Waals surface area contributed by atoms with E-state index in [1.165, 1.54) is 22.5 Å². The van der Waals surface area contributed by atoms with E-state index in [0.29, 0.717) is 0 Å². The Bertz CT molecular complexity index is 492. The standard InChI is InChI=1S/C15H18N2/c1-12-7-3-5-9-14(12)17-11-13-8-4-6-10-15(13)16-2/h3-10,16-17H,11H2,1-2H3/p+1. The van der Waals surface area contributed by atoms with Crippen LogP contribution < -0.4 is 10.6 Å². The first-order valence-electron chi connectivity index (χ1n) is 5.96.